The van der Waals surface area contributed by atoms with Crippen molar-refractivity contribution in [2.75, 3.05) is 33.9 Å². The molecular formula is C32H52ClF2N3O3. The van der Waals surface area contributed by atoms with Gasteiger partial charge in [0.15, 0.2) is 11.5 Å². The number of nitrogens with zero attached hydrogens (tertiary/aromatic N) is 2. The van der Waals surface area contributed by atoms with Gasteiger partial charge in [-0.15, -0.1) is 0 Å². The lowest BCUT2D eigenvalue weighted by Gasteiger charge is -2.15. The van der Waals surface area contributed by atoms with Crippen LogP contribution in [0.5, 0.6) is 11.5 Å². The summed E-state index contributed by atoms with van der Waals surface area (Å²) in [4.78, 5) is 13.3. The van der Waals surface area contributed by atoms with Crippen LogP contribution in [0.1, 0.15) is 89.7 Å². The SMILES string of the molecule is CC.CC.CC.COc1ccc(CCCN2CCCC2)cc1OC.Cn1c(C(F)(F)C(N)=O)cc2c1CCC(Cl)=C2. The molecule has 1 aliphatic heterocycles. The Bertz CT molecular complexity index is 1060. The van der Waals surface area contributed by atoms with Crippen molar-refractivity contribution in [1.82, 2.24) is 9.47 Å². The van der Waals surface area contributed by atoms with Crippen LogP contribution in [0.3, 0.4) is 0 Å². The lowest BCUT2D eigenvalue weighted by atomic mass is 10.0. The lowest BCUT2D eigenvalue weighted by molar-refractivity contribution is -0.144. The molecule has 0 spiro atoms. The molecule has 2 heterocycles. The van der Waals surface area contributed by atoms with Gasteiger partial charge in [0.2, 0.25) is 0 Å². The average molecular weight is 600 g/mol. The number of nitrogens with two attached hydrogens (primary N) is 1. The molecule has 1 saturated heterocycles. The summed E-state index contributed by atoms with van der Waals surface area (Å²) >= 11 is 5.86. The van der Waals surface area contributed by atoms with Crippen LogP contribution in [-0.4, -0.2) is 49.2 Å². The van der Waals surface area contributed by atoms with Crippen molar-refractivity contribution in [3.63, 3.8) is 0 Å². The molecule has 1 fully saturated rings. The van der Waals surface area contributed by atoms with Gasteiger partial charge in [-0.2, -0.15) is 8.78 Å². The third kappa shape index (κ3) is 11.3. The second kappa shape index (κ2) is 20.3. The number of alkyl halides is 2. The van der Waals surface area contributed by atoms with Crippen molar-refractivity contribution in [3.8, 4) is 11.5 Å². The van der Waals surface area contributed by atoms with Gasteiger partial charge in [0.25, 0.3) is 5.91 Å². The van der Waals surface area contributed by atoms with Gasteiger partial charge in [-0.05, 0) is 93.6 Å². The summed E-state index contributed by atoms with van der Waals surface area (Å²) in [7, 11) is 4.86. The molecule has 2 aliphatic rings. The summed E-state index contributed by atoms with van der Waals surface area (Å²) in [6.07, 6.45) is 7.91. The third-order valence-corrected chi connectivity index (χ3v) is 6.82. The van der Waals surface area contributed by atoms with Gasteiger partial charge in [-0.3, -0.25) is 4.79 Å². The first-order valence-corrected chi connectivity index (χ1v) is 15.2. The van der Waals surface area contributed by atoms with E-state index in [-0.39, 0.29) is 0 Å². The molecule has 234 valence electrons. The van der Waals surface area contributed by atoms with E-state index in [1.165, 1.54) is 62.1 Å². The quantitative estimate of drug-likeness (QED) is 0.334. The number of benzene rings is 1. The third-order valence-electron chi connectivity index (χ3n) is 6.52. The normalized spacial score (nSPS) is 13.8. The zero-order chi connectivity index (χ0) is 31.6. The minimum atomic E-state index is -3.66. The number of aromatic nitrogens is 1. The highest BCUT2D eigenvalue weighted by Crippen LogP contribution is 2.35. The topological polar surface area (TPSA) is 69.7 Å². The van der Waals surface area contributed by atoms with E-state index < -0.39 is 17.5 Å². The number of allylic oxidation sites excluding steroid dienone is 1. The van der Waals surface area contributed by atoms with Crippen molar-refractivity contribution in [3.05, 3.63) is 51.8 Å². The standard InChI is InChI=1S/C15H23NO2.C11H11ClF2N2O.3C2H6/c1-17-14-8-7-13(12-15(14)18-2)6-5-11-16-9-3-4-10-16;1-16-8-3-2-7(12)4-6(8)5-9(16)11(13,14)10(15)17;3*1-2/h7-8,12H,3-6,9-11H2,1-2H3;4-5H,2-3H2,1H3,(H2,15,17);3*1-2H3. The molecule has 6 nitrogen and oxygen atoms in total. The number of likely N-dealkylation sites (tertiary alicyclic amines) is 1. The molecule has 0 bridgehead atoms. The zero-order valence-corrected chi connectivity index (χ0v) is 27.3. The van der Waals surface area contributed by atoms with Gasteiger partial charge >= 0.3 is 5.92 Å². The van der Waals surface area contributed by atoms with Crippen LogP contribution >= 0.6 is 11.6 Å². The molecule has 4 rings (SSSR count). The van der Waals surface area contributed by atoms with E-state index in [9.17, 15) is 13.6 Å². The molecule has 1 aromatic heterocycles. The van der Waals surface area contributed by atoms with Gasteiger partial charge in [0.1, 0.15) is 0 Å². The maximum atomic E-state index is 13.6. The number of aryl methyl sites for hydroxylation is 1. The van der Waals surface area contributed by atoms with Crippen LogP contribution in [0, 0.1) is 0 Å². The van der Waals surface area contributed by atoms with E-state index in [2.05, 4.69) is 17.0 Å². The molecule has 0 radical (unpaired) electrons. The Labute approximate surface area is 251 Å². The van der Waals surface area contributed by atoms with Gasteiger partial charge in [0.05, 0.1) is 19.9 Å². The van der Waals surface area contributed by atoms with Crippen molar-refractivity contribution in [2.24, 2.45) is 12.8 Å². The van der Waals surface area contributed by atoms with Crippen molar-refractivity contribution >= 4 is 23.6 Å². The molecule has 2 N–H and O–H groups in total. The molecule has 0 saturated carbocycles. The minimum Gasteiger partial charge on any atom is -0.493 e. The number of ether oxygens (including phenoxy) is 2. The second-order valence-electron chi connectivity index (χ2n) is 8.86. The molecular weight excluding hydrogens is 548 g/mol. The molecule has 0 unspecified atom stereocenters. The van der Waals surface area contributed by atoms with Crippen LogP contribution in [0.4, 0.5) is 8.78 Å². The summed E-state index contributed by atoms with van der Waals surface area (Å²) in [5, 5.41) is 0.622. The fourth-order valence-corrected chi connectivity index (χ4v) is 4.77. The van der Waals surface area contributed by atoms with Crippen LogP contribution in [0.2, 0.25) is 0 Å². The highest BCUT2D eigenvalue weighted by atomic mass is 35.5. The van der Waals surface area contributed by atoms with E-state index in [1.807, 2.05) is 47.6 Å². The summed E-state index contributed by atoms with van der Waals surface area (Å²) in [5.74, 6) is -3.67. The van der Waals surface area contributed by atoms with E-state index in [4.69, 9.17) is 26.8 Å². The first-order valence-electron chi connectivity index (χ1n) is 14.8. The number of hydrogen-bond acceptors (Lipinski definition) is 4. The smallest absolute Gasteiger partial charge is 0.363 e. The number of methoxy groups -OCH3 is 2. The minimum absolute atomic E-state index is 0.391. The summed E-state index contributed by atoms with van der Waals surface area (Å²) < 4.78 is 39.0. The van der Waals surface area contributed by atoms with E-state index in [0.29, 0.717) is 23.4 Å². The summed E-state index contributed by atoms with van der Waals surface area (Å²) in [6, 6.07) is 7.47. The number of amides is 1. The summed E-state index contributed by atoms with van der Waals surface area (Å²) in [5.41, 5.74) is 7.01. The monoisotopic (exact) mass is 599 g/mol. The highest BCUT2D eigenvalue weighted by Gasteiger charge is 2.42. The van der Waals surface area contributed by atoms with Crippen LogP contribution < -0.4 is 15.2 Å². The number of carbonyl (C=O) groups is 1. The van der Waals surface area contributed by atoms with Gasteiger partial charge in [-0.1, -0.05) is 59.2 Å². The molecule has 41 heavy (non-hydrogen) atoms. The van der Waals surface area contributed by atoms with Crippen molar-refractivity contribution < 1.29 is 23.0 Å². The van der Waals surface area contributed by atoms with Gasteiger partial charge in [-0.25, -0.2) is 0 Å². The Kier molecular flexibility index (Phi) is 19.0. The first-order chi connectivity index (χ1) is 19.7. The Morgan fingerprint density at radius 1 is 0.976 bits per heavy atom. The molecule has 1 aromatic carbocycles. The first kappa shape index (κ1) is 38.4. The largest absolute Gasteiger partial charge is 0.493 e. The number of hydrogen-bond donors (Lipinski definition) is 1. The van der Waals surface area contributed by atoms with Crippen LogP contribution in [-0.2, 0) is 30.6 Å². The zero-order valence-electron chi connectivity index (χ0n) is 26.6. The Morgan fingerprint density at radius 2 is 1.56 bits per heavy atom. The van der Waals surface area contributed by atoms with Crippen molar-refractivity contribution in [2.45, 2.75) is 86.0 Å². The predicted molar refractivity (Wildman–Crippen MR) is 168 cm³/mol. The lowest BCUT2D eigenvalue weighted by Crippen LogP contribution is -2.34. The van der Waals surface area contributed by atoms with Crippen molar-refractivity contribution in [1.29, 1.82) is 0 Å². The number of fused-ring (bicyclic) bond motifs is 1. The maximum Gasteiger partial charge on any atom is 0.363 e. The van der Waals surface area contributed by atoms with Gasteiger partial charge in [0, 0.05) is 17.8 Å². The predicted octanol–water partition coefficient (Wildman–Crippen LogP) is 7.94. The van der Waals surface area contributed by atoms with E-state index in [0.717, 1.165) is 23.6 Å². The Hall–Kier alpha value is -2.58. The molecule has 1 aliphatic carbocycles. The number of halogens is 3. The molecule has 1 amide bonds. The summed E-state index contributed by atoms with van der Waals surface area (Å²) in [6.45, 7) is 15.8. The molecule has 9 heteroatoms. The number of primary amides is 1. The van der Waals surface area contributed by atoms with Crippen LogP contribution in [0.25, 0.3) is 6.08 Å². The Balaban J connectivity index is 0.000000661. The molecule has 2 aromatic rings. The average Bonchev–Trinajstić information content (AvgIpc) is 3.64. The Morgan fingerprint density at radius 3 is 2.10 bits per heavy atom. The van der Waals surface area contributed by atoms with Gasteiger partial charge < -0.3 is 24.7 Å². The fourth-order valence-electron chi connectivity index (χ4n) is 4.56. The number of carbonyl (C=O) groups excluding carboxylic acids is 1. The highest BCUT2D eigenvalue weighted by molar-refractivity contribution is 6.31. The maximum absolute atomic E-state index is 13.6. The van der Waals surface area contributed by atoms with E-state index >= 15 is 0 Å². The molecule has 0 atom stereocenters. The fraction of sp³-hybridized carbons (Fsp3) is 0.594. The second-order valence-corrected chi connectivity index (χ2v) is 9.35. The van der Waals surface area contributed by atoms with E-state index in [1.54, 1.807) is 20.3 Å². The van der Waals surface area contributed by atoms with Crippen LogP contribution in [0.15, 0.2) is 29.3 Å². The number of rotatable bonds is 8.